The van der Waals surface area contributed by atoms with Crippen LogP contribution in [0.25, 0.3) is 0 Å². The smallest absolute Gasteiger partial charge is 0.126 e. The summed E-state index contributed by atoms with van der Waals surface area (Å²) in [5.74, 6) is -0.249. The molecule has 0 fully saturated rings. The predicted molar refractivity (Wildman–Crippen MR) is 65.4 cm³/mol. The Balaban J connectivity index is 2.61. The Bertz CT molecular complexity index is 357. The van der Waals surface area contributed by atoms with Gasteiger partial charge in [-0.1, -0.05) is 12.1 Å². The van der Waals surface area contributed by atoms with Crippen molar-refractivity contribution in [1.82, 2.24) is 5.32 Å². The van der Waals surface area contributed by atoms with Crippen molar-refractivity contribution in [3.8, 4) is 0 Å². The molecule has 0 aliphatic heterocycles. The molecule has 0 amide bonds. The number of hydrogen-bond donors (Lipinski definition) is 2. The molecule has 0 radical (unpaired) electrons. The molecule has 1 rings (SSSR count). The molecule has 2 atom stereocenters. The molecule has 0 bridgehead atoms. The van der Waals surface area contributed by atoms with Crippen LogP contribution < -0.4 is 5.32 Å². The highest BCUT2D eigenvalue weighted by atomic mass is 19.1. The first-order chi connectivity index (χ1) is 8.06. The van der Waals surface area contributed by atoms with Crippen molar-refractivity contribution < 1.29 is 14.2 Å². The SMILES string of the molecule is COCCNC(C)C(O)c1ccc(F)c(C)c1. The molecule has 96 valence electrons. The number of hydrogen-bond acceptors (Lipinski definition) is 3. The van der Waals surface area contributed by atoms with E-state index in [1.54, 1.807) is 26.2 Å². The Hall–Kier alpha value is -0.970. The van der Waals surface area contributed by atoms with Gasteiger partial charge in [-0.2, -0.15) is 0 Å². The molecule has 0 aromatic heterocycles. The van der Waals surface area contributed by atoms with Crippen LogP contribution in [0, 0.1) is 12.7 Å². The maximum atomic E-state index is 13.1. The van der Waals surface area contributed by atoms with Crippen LogP contribution in [0.4, 0.5) is 4.39 Å². The Morgan fingerprint density at radius 3 is 2.76 bits per heavy atom. The van der Waals surface area contributed by atoms with E-state index >= 15 is 0 Å². The van der Waals surface area contributed by atoms with Gasteiger partial charge in [0.2, 0.25) is 0 Å². The number of nitrogens with one attached hydrogen (secondary N) is 1. The minimum Gasteiger partial charge on any atom is -0.387 e. The van der Waals surface area contributed by atoms with Crippen LogP contribution in [0.15, 0.2) is 18.2 Å². The predicted octanol–water partition coefficient (Wildman–Crippen LogP) is 1.79. The molecule has 2 N–H and O–H groups in total. The van der Waals surface area contributed by atoms with Gasteiger partial charge in [-0.15, -0.1) is 0 Å². The van der Waals surface area contributed by atoms with Crippen LogP contribution in [-0.2, 0) is 4.74 Å². The fourth-order valence-electron chi connectivity index (χ4n) is 1.64. The molecule has 2 unspecified atom stereocenters. The van der Waals surface area contributed by atoms with Crippen LogP contribution in [0.3, 0.4) is 0 Å². The Morgan fingerprint density at radius 2 is 2.18 bits per heavy atom. The first-order valence-corrected chi connectivity index (χ1v) is 5.72. The first-order valence-electron chi connectivity index (χ1n) is 5.72. The van der Waals surface area contributed by atoms with E-state index in [-0.39, 0.29) is 11.9 Å². The van der Waals surface area contributed by atoms with Gasteiger partial charge in [0.25, 0.3) is 0 Å². The van der Waals surface area contributed by atoms with Gasteiger partial charge in [-0.05, 0) is 31.0 Å². The topological polar surface area (TPSA) is 41.5 Å². The second kappa shape index (κ2) is 6.69. The summed E-state index contributed by atoms with van der Waals surface area (Å²) in [7, 11) is 1.63. The highest BCUT2D eigenvalue weighted by Crippen LogP contribution is 2.19. The third-order valence-electron chi connectivity index (χ3n) is 2.77. The van der Waals surface area contributed by atoms with Crippen LogP contribution in [0.5, 0.6) is 0 Å². The number of aryl methyl sites for hydroxylation is 1. The maximum absolute atomic E-state index is 13.1. The van der Waals surface area contributed by atoms with Gasteiger partial charge in [-0.3, -0.25) is 0 Å². The minimum atomic E-state index is -0.647. The van der Waals surface area contributed by atoms with Crippen molar-refractivity contribution in [3.63, 3.8) is 0 Å². The first kappa shape index (κ1) is 14.1. The number of rotatable bonds is 6. The van der Waals surface area contributed by atoms with Gasteiger partial charge in [0, 0.05) is 19.7 Å². The zero-order valence-electron chi connectivity index (χ0n) is 10.5. The molecule has 0 saturated heterocycles. The van der Waals surface area contributed by atoms with Crippen LogP contribution in [0.1, 0.15) is 24.2 Å². The molecule has 1 aromatic rings. The molecule has 3 nitrogen and oxygen atoms in total. The standard InChI is InChI=1S/C13H20FNO2/c1-9-8-11(4-5-12(9)14)13(16)10(2)15-6-7-17-3/h4-5,8,10,13,15-16H,6-7H2,1-3H3. The number of methoxy groups -OCH3 is 1. The lowest BCUT2D eigenvalue weighted by Gasteiger charge is -2.21. The quantitative estimate of drug-likeness (QED) is 0.746. The third-order valence-corrected chi connectivity index (χ3v) is 2.77. The normalized spacial score (nSPS) is 14.6. The van der Waals surface area contributed by atoms with E-state index in [1.165, 1.54) is 6.07 Å². The van der Waals surface area contributed by atoms with Crippen molar-refractivity contribution >= 4 is 0 Å². The summed E-state index contributed by atoms with van der Waals surface area (Å²) >= 11 is 0. The van der Waals surface area contributed by atoms with E-state index in [4.69, 9.17) is 4.74 Å². The van der Waals surface area contributed by atoms with E-state index < -0.39 is 6.10 Å². The fraction of sp³-hybridized carbons (Fsp3) is 0.538. The summed E-state index contributed by atoms with van der Waals surface area (Å²) in [6.07, 6.45) is -0.647. The summed E-state index contributed by atoms with van der Waals surface area (Å²) in [6, 6.07) is 4.57. The van der Waals surface area contributed by atoms with Gasteiger partial charge in [0.1, 0.15) is 5.82 Å². The molecule has 4 heteroatoms. The second-order valence-electron chi connectivity index (χ2n) is 4.19. The van der Waals surface area contributed by atoms with Crippen LogP contribution >= 0.6 is 0 Å². The summed E-state index contributed by atoms with van der Waals surface area (Å²) in [5, 5.41) is 13.2. The molecule has 0 heterocycles. The average molecular weight is 241 g/mol. The minimum absolute atomic E-state index is 0.102. The van der Waals surface area contributed by atoms with Crippen molar-refractivity contribution in [2.75, 3.05) is 20.3 Å². The maximum Gasteiger partial charge on any atom is 0.126 e. The molecular weight excluding hydrogens is 221 g/mol. The average Bonchev–Trinajstić information content (AvgIpc) is 2.32. The van der Waals surface area contributed by atoms with Crippen molar-refractivity contribution in [1.29, 1.82) is 0 Å². The lowest BCUT2D eigenvalue weighted by Crippen LogP contribution is -2.34. The third kappa shape index (κ3) is 4.07. The zero-order valence-corrected chi connectivity index (χ0v) is 10.5. The molecule has 0 spiro atoms. The van der Waals surface area contributed by atoms with Crippen molar-refractivity contribution in [2.45, 2.75) is 26.0 Å². The summed E-state index contributed by atoms with van der Waals surface area (Å²) in [6.45, 7) is 4.85. The van der Waals surface area contributed by atoms with Crippen LogP contribution in [-0.4, -0.2) is 31.4 Å². The molecule has 0 aliphatic carbocycles. The molecule has 0 saturated carbocycles. The summed E-state index contributed by atoms with van der Waals surface area (Å²) in [5.41, 5.74) is 1.27. The van der Waals surface area contributed by atoms with Gasteiger partial charge in [0.05, 0.1) is 12.7 Å². The van der Waals surface area contributed by atoms with Gasteiger partial charge >= 0.3 is 0 Å². The number of ether oxygens (including phenoxy) is 1. The number of benzene rings is 1. The Morgan fingerprint density at radius 1 is 1.47 bits per heavy atom. The number of aliphatic hydroxyl groups excluding tert-OH is 1. The van der Waals surface area contributed by atoms with E-state index in [2.05, 4.69) is 5.32 Å². The Labute approximate surface area is 102 Å². The lowest BCUT2D eigenvalue weighted by atomic mass is 10.0. The van der Waals surface area contributed by atoms with Crippen molar-refractivity contribution in [2.24, 2.45) is 0 Å². The molecule has 1 aromatic carbocycles. The van der Waals surface area contributed by atoms with Gasteiger partial charge < -0.3 is 15.2 Å². The monoisotopic (exact) mass is 241 g/mol. The van der Waals surface area contributed by atoms with Gasteiger partial charge in [0.15, 0.2) is 0 Å². The summed E-state index contributed by atoms with van der Waals surface area (Å²) < 4.78 is 18.0. The van der Waals surface area contributed by atoms with Gasteiger partial charge in [-0.25, -0.2) is 4.39 Å². The van der Waals surface area contributed by atoms with Crippen LogP contribution in [0.2, 0.25) is 0 Å². The summed E-state index contributed by atoms with van der Waals surface area (Å²) in [4.78, 5) is 0. The Kier molecular flexibility index (Phi) is 5.55. The molecule has 17 heavy (non-hydrogen) atoms. The molecule has 0 aliphatic rings. The number of halogens is 1. The van der Waals surface area contributed by atoms with E-state index in [1.807, 2.05) is 6.92 Å². The lowest BCUT2D eigenvalue weighted by molar-refractivity contribution is 0.126. The van der Waals surface area contributed by atoms with E-state index in [0.717, 1.165) is 5.56 Å². The van der Waals surface area contributed by atoms with E-state index in [0.29, 0.717) is 18.7 Å². The highest BCUT2D eigenvalue weighted by molar-refractivity contribution is 5.26. The zero-order chi connectivity index (χ0) is 12.8. The molecular formula is C13H20FNO2. The number of aliphatic hydroxyl groups is 1. The highest BCUT2D eigenvalue weighted by Gasteiger charge is 2.16. The largest absolute Gasteiger partial charge is 0.387 e. The fourth-order valence-corrected chi connectivity index (χ4v) is 1.64. The van der Waals surface area contributed by atoms with E-state index in [9.17, 15) is 9.50 Å². The second-order valence-corrected chi connectivity index (χ2v) is 4.19. The van der Waals surface area contributed by atoms with Crippen molar-refractivity contribution in [3.05, 3.63) is 35.1 Å².